The lowest BCUT2D eigenvalue weighted by molar-refractivity contribution is 0.0234. The van der Waals surface area contributed by atoms with Gasteiger partial charge in [-0.3, -0.25) is 9.48 Å². The van der Waals surface area contributed by atoms with E-state index in [1.165, 1.54) is 0 Å². The molecule has 3 rings (SSSR count). The second-order valence-electron chi connectivity index (χ2n) is 6.06. The standard InChI is InChI=1S/C17H22N4O3/c1-3-21-10-13(9-19-21)17(23)20-16(12-6-14(22)7-12)11-4-5-15(24-2)18-8-11/h4-5,8-10,12,14,16,22H,3,6-7H2,1-2H3,(H,20,23)/t12?,14?,16-/m1/s1. The van der Waals surface area contributed by atoms with Gasteiger partial charge in [0.05, 0.1) is 31.0 Å². The first kappa shape index (κ1) is 16.4. The molecular formula is C17H22N4O3. The molecular weight excluding hydrogens is 308 g/mol. The molecule has 2 aromatic rings. The second kappa shape index (κ2) is 7.00. The van der Waals surface area contributed by atoms with Crippen molar-refractivity contribution in [2.45, 2.75) is 38.5 Å². The third-order valence-electron chi connectivity index (χ3n) is 4.45. The molecule has 1 atom stereocenters. The number of aliphatic hydroxyl groups is 1. The number of pyridine rings is 1. The fraction of sp³-hybridized carbons (Fsp3) is 0.471. The largest absolute Gasteiger partial charge is 0.481 e. The number of carbonyl (C=O) groups is 1. The van der Waals surface area contributed by atoms with Crippen LogP contribution < -0.4 is 10.1 Å². The second-order valence-corrected chi connectivity index (χ2v) is 6.06. The molecule has 2 N–H and O–H groups in total. The minimum absolute atomic E-state index is 0.170. The lowest BCUT2D eigenvalue weighted by Gasteiger charge is -2.38. The van der Waals surface area contributed by atoms with Crippen LogP contribution in [0.1, 0.15) is 41.7 Å². The van der Waals surface area contributed by atoms with E-state index in [2.05, 4.69) is 15.4 Å². The van der Waals surface area contributed by atoms with Gasteiger partial charge >= 0.3 is 0 Å². The molecule has 1 aliphatic rings. The number of methoxy groups -OCH3 is 1. The average Bonchev–Trinajstić information content (AvgIpc) is 3.06. The number of amides is 1. The van der Waals surface area contributed by atoms with Crippen LogP contribution in [-0.2, 0) is 6.54 Å². The Hall–Kier alpha value is -2.41. The van der Waals surface area contributed by atoms with Crippen LogP contribution in [-0.4, -0.2) is 39.0 Å². The predicted octanol–water partition coefficient (Wildman–Crippen LogP) is 1.55. The maximum atomic E-state index is 12.5. The molecule has 7 heteroatoms. The highest BCUT2D eigenvalue weighted by atomic mass is 16.5. The van der Waals surface area contributed by atoms with E-state index >= 15 is 0 Å². The highest BCUT2D eigenvalue weighted by Gasteiger charge is 2.36. The molecule has 7 nitrogen and oxygen atoms in total. The number of hydrogen-bond donors (Lipinski definition) is 2. The molecule has 0 bridgehead atoms. The van der Waals surface area contributed by atoms with E-state index < -0.39 is 0 Å². The average molecular weight is 330 g/mol. The zero-order chi connectivity index (χ0) is 17.1. The predicted molar refractivity (Wildman–Crippen MR) is 87.6 cm³/mol. The lowest BCUT2D eigenvalue weighted by atomic mass is 9.75. The molecule has 1 fully saturated rings. The summed E-state index contributed by atoms with van der Waals surface area (Å²) in [4.78, 5) is 16.8. The number of ether oxygens (including phenoxy) is 1. The number of nitrogens with one attached hydrogen (secondary N) is 1. The van der Waals surface area contributed by atoms with Gasteiger partial charge in [0.2, 0.25) is 5.88 Å². The van der Waals surface area contributed by atoms with Crippen molar-refractivity contribution in [3.63, 3.8) is 0 Å². The summed E-state index contributed by atoms with van der Waals surface area (Å²) in [5.74, 6) is 0.555. The van der Waals surface area contributed by atoms with E-state index in [0.717, 1.165) is 5.56 Å². The van der Waals surface area contributed by atoms with Gasteiger partial charge in [0.25, 0.3) is 5.91 Å². The highest BCUT2D eigenvalue weighted by molar-refractivity contribution is 5.94. The normalized spacial score (nSPS) is 21.0. The molecule has 24 heavy (non-hydrogen) atoms. The summed E-state index contributed by atoms with van der Waals surface area (Å²) in [5.41, 5.74) is 1.44. The van der Waals surface area contributed by atoms with Gasteiger partial charge in [0.1, 0.15) is 0 Å². The zero-order valence-corrected chi connectivity index (χ0v) is 13.8. The Bertz CT molecular complexity index is 692. The summed E-state index contributed by atoms with van der Waals surface area (Å²) in [6.45, 7) is 2.68. The van der Waals surface area contributed by atoms with Crippen LogP contribution in [0.5, 0.6) is 5.88 Å². The van der Waals surface area contributed by atoms with Crippen LogP contribution in [0.15, 0.2) is 30.7 Å². The highest BCUT2D eigenvalue weighted by Crippen LogP contribution is 2.38. The number of hydrogen-bond acceptors (Lipinski definition) is 5. The van der Waals surface area contributed by atoms with Crippen molar-refractivity contribution in [1.82, 2.24) is 20.1 Å². The number of aromatic nitrogens is 3. The first-order valence-corrected chi connectivity index (χ1v) is 8.12. The maximum absolute atomic E-state index is 12.5. The Labute approximate surface area is 140 Å². The molecule has 1 amide bonds. The summed E-state index contributed by atoms with van der Waals surface area (Å²) in [6.07, 6.45) is 6.07. The van der Waals surface area contributed by atoms with E-state index in [0.29, 0.717) is 30.8 Å². The van der Waals surface area contributed by atoms with E-state index in [1.54, 1.807) is 36.4 Å². The summed E-state index contributed by atoms with van der Waals surface area (Å²) < 4.78 is 6.80. The smallest absolute Gasteiger partial charge is 0.254 e. The Morgan fingerprint density at radius 1 is 1.46 bits per heavy atom. The van der Waals surface area contributed by atoms with E-state index in [-0.39, 0.29) is 24.0 Å². The molecule has 128 valence electrons. The molecule has 1 aliphatic carbocycles. The van der Waals surface area contributed by atoms with Crippen LogP contribution >= 0.6 is 0 Å². The molecule has 0 aromatic carbocycles. The topological polar surface area (TPSA) is 89.3 Å². The summed E-state index contributed by atoms with van der Waals surface area (Å²) >= 11 is 0. The number of aryl methyl sites for hydroxylation is 1. The number of nitrogens with zero attached hydrogens (tertiary/aromatic N) is 3. The molecule has 2 heterocycles. The Balaban J connectivity index is 1.77. The van der Waals surface area contributed by atoms with Crippen molar-refractivity contribution < 1.29 is 14.6 Å². The van der Waals surface area contributed by atoms with Gasteiger partial charge in [-0.1, -0.05) is 6.07 Å². The van der Waals surface area contributed by atoms with E-state index in [4.69, 9.17) is 4.74 Å². The first-order valence-electron chi connectivity index (χ1n) is 8.12. The minimum atomic E-state index is -0.288. The van der Waals surface area contributed by atoms with Gasteiger partial charge in [-0.15, -0.1) is 0 Å². The van der Waals surface area contributed by atoms with E-state index in [9.17, 15) is 9.90 Å². The van der Waals surface area contributed by atoms with Crippen molar-refractivity contribution in [2.75, 3.05) is 7.11 Å². The lowest BCUT2D eigenvalue weighted by Crippen LogP contribution is -2.41. The monoisotopic (exact) mass is 330 g/mol. The molecule has 2 aromatic heterocycles. The summed E-state index contributed by atoms with van der Waals surface area (Å²) in [5, 5.41) is 16.8. The van der Waals surface area contributed by atoms with Crippen molar-refractivity contribution in [3.05, 3.63) is 41.9 Å². The van der Waals surface area contributed by atoms with Gasteiger partial charge in [-0.05, 0) is 31.2 Å². The Kier molecular flexibility index (Phi) is 4.80. The van der Waals surface area contributed by atoms with Crippen LogP contribution in [0.2, 0.25) is 0 Å². The van der Waals surface area contributed by atoms with Crippen molar-refractivity contribution in [2.24, 2.45) is 5.92 Å². The molecule has 1 saturated carbocycles. The third kappa shape index (κ3) is 3.41. The SMILES string of the molecule is CCn1cc(C(=O)N[C@H](c2ccc(OC)nc2)C2CC(O)C2)cn1. The first-order chi connectivity index (χ1) is 11.6. The molecule has 0 spiro atoms. The van der Waals surface area contributed by atoms with Crippen LogP contribution in [0.4, 0.5) is 0 Å². The summed E-state index contributed by atoms with van der Waals surface area (Å²) in [6, 6.07) is 3.49. The number of carbonyl (C=O) groups excluding carboxylic acids is 1. The zero-order valence-electron chi connectivity index (χ0n) is 13.8. The van der Waals surface area contributed by atoms with E-state index in [1.807, 2.05) is 13.0 Å². The van der Waals surface area contributed by atoms with Gasteiger partial charge < -0.3 is 15.2 Å². The van der Waals surface area contributed by atoms with Crippen LogP contribution in [0.25, 0.3) is 0 Å². The minimum Gasteiger partial charge on any atom is -0.481 e. The quantitative estimate of drug-likeness (QED) is 0.839. The molecule has 0 saturated heterocycles. The number of rotatable bonds is 6. The van der Waals surface area contributed by atoms with Crippen molar-refractivity contribution in [1.29, 1.82) is 0 Å². The molecule has 0 radical (unpaired) electrons. The summed E-state index contributed by atoms with van der Waals surface area (Å²) in [7, 11) is 1.56. The molecule has 0 unspecified atom stereocenters. The van der Waals surface area contributed by atoms with Gasteiger partial charge in [-0.2, -0.15) is 5.10 Å². The fourth-order valence-corrected chi connectivity index (χ4v) is 2.95. The third-order valence-corrected chi connectivity index (χ3v) is 4.45. The van der Waals surface area contributed by atoms with Gasteiger partial charge in [0.15, 0.2) is 0 Å². The van der Waals surface area contributed by atoms with Crippen LogP contribution in [0, 0.1) is 5.92 Å². The number of aliphatic hydroxyl groups excluding tert-OH is 1. The van der Waals surface area contributed by atoms with Crippen molar-refractivity contribution >= 4 is 5.91 Å². The van der Waals surface area contributed by atoms with Gasteiger partial charge in [0, 0.05) is 25.0 Å². The van der Waals surface area contributed by atoms with Crippen LogP contribution in [0.3, 0.4) is 0 Å². The maximum Gasteiger partial charge on any atom is 0.254 e. The molecule has 0 aliphatic heterocycles. The Morgan fingerprint density at radius 3 is 2.79 bits per heavy atom. The van der Waals surface area contributed by atoms with Gasteiger partial charge in [-0.25, -0.2) is 4.98 Å². The Morgan fingerprint density at radius 2 is 2.25 bits per heavy atom. The van der Waals surface area contributed by atoms with Crippen molar-refractivity contribution in [3.8, 4) is 5.88 Å². The fourth-order valence-electron chi connectivity index (χ4n) is 2.95.